The molecule has 0 aliphatic rings. The first kappa shape index (κ1) is 19.8. The average molecular weight is 394 g/mol. The van der Waals surface area contributed by atoms with Gasteiger partial charge in [0.15, 0.2) is 0 Å². The fraction of sp³-hybridized carbons (Fsp3) is 0.167. The third-order valence-corrected chi connectivity index (χ3v) is 4.24. The van der Waals surface area contributed by atoms with Crippen LogP contribution in [0.5, 0.6) is 5.75 Å². The molecule has 0 spiro atoms. The lowest BCUT2D eigenvalue weighted by Crippen LogP contribution is -2.24. The van der Waals surface area contributed by atoms with E-state index < -0.39 is 18.2 Å². The molecule has 2 N–H and O–H groups in total. The number of amides is 2. The number of ether oxygens (including phenoxy) is 1. The highest BCUT2D eigenvalue weighted by Crippen LogP contribution is 2.29. The fourth-order valence-corrected chi connectivity index (χ4v) is 2.42. The number of anilines is 1. The molecule has 2 amide bonds. The molecule has 0 fully saturated rings. The summed E-state index contributed by atoms with van der Waals surface area (Å²) in [6.45, 7) is 1.90. The van der Waals surface area contributed by atoms with Gasteiger partial charge in [0, 0.05) is 0 Å². The molecular weight excluding hydrogens is 377 g/mol. The molecule has 8 heteroatoms. The number of carbonyl (C=O) groups excluding carboxylic acids is 2. The number of nitrogens with zero attached hydrogens (tertiary/aromatic N) is 1. The number of halogens is 2. The van der Waals surface area contributed by atoms with E-state index >= 15 is 0 Å². The monoisotopic (exact) mass is 393 g/mol. The normalized spacial score (nSPS) is 10.6. The Kier molecular flexibility index (Phi) is 7.00. The van der Waals surface area contributed by atoms with Gasteiger partial charge in [-0.3, -0.25) is 9.59 Å². The number of nitrogens with one attached hydrogen (secondary N) is 2. The molecule has 0 atom stereocenters. The van der Waals surface area contributed by atoms with Crippen LogP contribution in [0.1, 0.15) is 17.5 Å². The number of hydrazone groups is 1. The standard InChI is InChI=1S/C18H17Cl2N3O3/c1-11-8-13(26-2)7-6-12(11)10-21-23-17(25)9-16(24)22-15-5-3-4-14(19)18(15)20/h3-8,10H,9H2,1-2H3,(H,22,24)(H,23,25). The van der Waals surface area contributed by atoms with E-state index in [1.807, 2.05) is 19.1 Å². The second-order valence-electron chi connectivity index (χ2n) is 5.34. The van der Waals surface area contributed by atoms with E-state index in [1.165, 1.54) is 6.21 Å². The predicted molar refractivity (Wildman–Crippen MR) is 103 cm³/mol. The summed E-state index contributed by atoms with van der Waals surface area (Å²) in [5.41, 5.74) is 4.41. The smallest absolute Gasteiger partial charge is 0.249 e. The van der Waals surface area contributed by atoms with Crippen molar-refractivity contribution < 1.29 is 14.3 Å². The zero-order valence-corrected chi connectivity index (χ0v) is 15.7. The Morgan fingerprint density at radius 1 is 1.19 bits per heavy atom. The summed E-state index contributed by atoms with van der Waals surface area (Å²) in [7, 11) is 1.59. The lowest BCUT2D eigenvalue weighted by atomic mass is 10.1. The van der Waals surface area contributed by atoms with Crippen LogP contribution in [0.15, 0.2) is 41.5 Å². The molecule has 0 saturated heterocycles. The number of rotatable bonds is 6. The van der Waals surface area contributed by atoms with Crippen molar-refractivity contribution in [2.45, 2.75) is 13.3 Å². The van der Waals surface area contributed by atoms with Gasteiger partial charge in [-0.1, -0.05) is 29.3 Å². The van der Waals surface area contributed by atoms with Crippen LogP contribution < -0.4 is 15.5 Å². The van der Waals surface area contributed by atoms with Gasteiger partial charge in [0.25, 0.3) is 0 Å². The summed E-state index contributed by atoms with van der Waals surface area (Å²) >= 11 is 11.9. The number of carbonyl (C=O) groups is 2. The Hall–Kier alpha value is -2.57. The lowest BCUT2D eigenvalue weighted by molar-refractivity contribution is -0.126. The van der Waals surface area contributed by atoms with Crippen molar-refractivity contribution in [1.82, 2.24) is 5.43 Å². The van der Waals surface area contributed by atoms with Gasteiger partial charge in [-0.25, -0.2) is 5.43 Å². The van der Waals surface area contributed by atoms with E-state index in [0.29, 0.717) is 10.7 Å². The van der Waals surface area contributed by atoms with Gasteiger partial charge in [-0.15, -0.1) is 0 Å². The second-order valence-corrected chi connectivity index (χ2v) is 6.13. The molecule has 0 radical (unpaired) electrons. The summed E-state index contributed by atoms with van der Waals surface area (Å²) in [5.74, 6) is -0.342. The zero-order chi connectivity index (χ0) is 19.1. The average Bonchev–Trinajstić information content (AvgIpc) is 2.60. The highest BCUT2D eigenvalue weighted by molar-refractivity contribution is 6.44. The van der Waals surface area contributed by atoms with Crippen molar-refractivity contribution >= 4 is 46.9 Å². The Morgan fingerprint density at radius 2 is 1.96 bits per heavy atom. The molecule has 0 unspecified atom stereocenters. The van der Waals surface area contributed by atoms with E-state index in [-0.39, 0.29) is 5.02 Å². The molecule has 0 saturated carbocycles. The van der Waals surface area contributed by atoms with Gasteiger partial charge >= 0.3 is 0 Å². The van der Waals surface area contributed by atoms with Crippen molar-refractivity contribution in [3.8, 4) is 5.75 Å². The van der Waals surface area contributed by atoms with Crippen molar-refractivity contribution in [3.05, 3.63) is 57.6 Å². The van der Waals surface area contributed by atoms with Crippen LogP contribution in [0.2, 0.25) is 10.0 Å². The van der Waals surface area contributed by atoms with Crippen molar-refractivity contribution in [2.24, 2.45) is 5.10 Å². The van der Waals surface area contributed by atoms with Gasteiger partial charge in [0.2, 0.25) is 11.8 Å². The molecule has 0 aliphatic heterocycles. The van der Waals surface area contributed by atoms with Crippen molar-refractivity contribution in [3.63, 3.8) is 0 Å². The zero-order valence-electron chi connectivity index (χ0n) is 14.2. The van der Waals surface area contributed by atoms with Gasteiger partial charge < -0.3 is 10.1 Å². The first-order chi connectivity index (χ1) is 12.4. The Bertz CT molecular complexity index is 854. The number of hydrogen-bond donors (Lipinski definition) is 2. The summed E-state index contributed by atoms with van der Waals surface area (Å²) in [5, 5.41) is 6.92. The van der Waals surface area contributed by atoms with Crippen LogP contribution >= 0.6 is 23.2 Å². The number of hydrogen-bond acceptors (Lipinski definition) is 4. The maximum Gasteiger partial charge on any atom is 0.249 e. The molecule has 2 aromatic rings. The van der Waals surface area contributed by atoms with Crippen LogP contribution in [-0.2, 0) is 9.59 Å². The van der Waals surface area contributed by atoms with Gasteiger partial charge in [-0.2, -0.15) is 5.10 Å². The van der Waals surface area contributed by atoms with Crippen molar-refractivity contribution in [1.29, 1.82) is 0 Å². The minimum absolute atomic E-state index is 0.218. The maximum atomic E-state index is 11.9. The summed E-state index contributed by atoms with van der Waals surface area (Å²) in [6, 6.07) is 10.3. The maximum absolute atomic E-state index is 11.9. The predicted octanol–water partition coefficient (Wildman–Crippen LogP) is 3.79. The minimum Gasteiger partial charge on any atom is -0.497 e. The third kappa shape index (κ3) is 5.47. The van der Waals surface area contributed by atoms with Crippen LogP contribution in [0.4, 0.5) is 5.69 Å². The molecule has 136 valence electrons. The van der Waals surface area contributed by atoms with E-state index in [0.717, 1.165) is 16.9 Å². The van der Waals surface area contributed by atoms with E-state index in [4.69, 9.17) is 27.9 Å². The van der Waals surface area contributed by atoms with Gasteiger partial charge in [0.1, 0.15) is 12.2 Å². The molecule has 2 rings (SSSR count). The number of benzene rings is 2. The quantitative estimate of drug-likeness (QED) is 0.445. The Labute approximate surface area is 161 Å². The van der Waals surface area contributed by atoms with E-state index in [9.17, 15) is 9.59 Å². The van der Waals surface area contributed by atoms with Gasteiger partial charge in [0.05, 0.1) is 29.1 Å². The summed E-state index contributed by atoms with van der Waals surface area (Å²) in [6.07, 6.45) is 1.10. The van der Waals surface area contributed by atoms with Gasteiger partial charge in [-0.05, 0) is 48.4 Å². The van der Waals surface area contributed by atoms with E-state index in [1.54, 1.807) is 31.4 Å². The highest BCUT2D eigenvalue weighted by atomic mass is 35.5. The van der Waals surface area contributed by atoms with Crippen LogP contribution in [0, 0.1) is 6.92 Å². The van der Waals surface area contributed by atoms with Crippen LogP contribution in [0.25, 0.3) is 0 Å². The highest BCUT2D eigenvalue weighted by Gasteiger charge is 2.12. The fourth-order valence-electron chi connectivity index (χ4n) is 2.07. The number of methoxy groups -OCH3 is 1. The lowest BCUT2D eigenvalue weighted by Gasteiger charge is -2.07. The molecule has 0 heterocycles. The molecule has 26 heavy (non-hydrogen) atoms. The first-order valence-electron chi connectivity index (χ1n) is 7.61. The summed E-state index contributed by atoms with van der Waals surface area (Å²) < 4.78 is 5.12. The third-order valence-electron chi connectivity index (χ3n) is 3.42. The first-order valence-corrected chi connectivity index (χ1v) is 8.36. The second kappa shape index (κ2) is 9.22. The molecular formula is C18H17Cl2N3O3. The topological polar surface area (TPSA) is 79.8 Å². The molecule has 0 bridgehead atoms. The Morgan fingerprint density at radius 3 is 2.65 bits per heavy atom. The van der Waals surface area contributed by atoms with E-state index in [2.05, 4.69) is 15.8 Å². The molecule has 0 aromatic heterocycles. The molecule has 0 aliphatic carbocycles. The summed E-state index contributed by atoms with van der Waals surface area (Å²) in [4.78, 5) is 23.7. The minimum atomic E-state index is -0.553. The SMILES string of the molecule is COc1ccc(C=NNC(=O)CC(=O)Nc2cccc(Cl)c2Cl)c(C)c1. The Balaban J connectivity index is 1.88. The number of aryl methyl sites for hydroxylation is 1. The van der Waals surface area contributed by atoms with Crippen molar-refractivity contribution in [2.75, 3.05) is 12.4 Å². The van der Waals surface area contributed by atoms with Crippen LogP contribution in [-0.4, -0.2) is 25.1 Å². The van der Waals surface area contributed by atoms with Crippen LogP contribution in [0.3, 0.4) is 0 Å². The molecule has 6 nitrogen and oxygen atoms in total. The largest absolute Gasteiger partial charge is 0.497 e. The molecule has 2 aromatic carbocycles.